The molecule has 0 aromatic heterocycles. The first-order chi connectivity index (χ1) is 9.72. The lowest BCUT2D eigenvalue weighted by Crippen LogP contribution is -2.56. The zero-order chi connectivity index (χ0) is 15.7. The van der Waals surface area contributed by atoms with E-state index in [0.29, 0.717) is 6.04 Å². The maximum Gasteiger partial charge on any atom is 0.116 e. The monoisotopic (exact) mass is 298 g/mol. The summed E-state index contributed by atoms with van der Waals surface area (Å²) in [4.78, 5) is 4.93. The zero-order valence-electron chi connectivity index (χ0n) is 14.6. The highest BCUT2D eigenvalue weighted by Crippen LogP contribution is 2.33. The van der Waals surface area contributed by atoms with Gasteiger partial charge < -0.3 is 14.7 Å². The van der Waals surface area contributed by atoms with Crippen LogP contribution in [0.2, 0.25) is 0 Å². The molecule has 1 N–H and O–H groups in total. The van der Waals surface area contributed by atoms with Crippen molar-refractivity contribution in [1.29, 1.82) is 0 Å². The zero-order valence-corrected chi connectivity index (χ0v) is 14.6. The van der Waals surface area contributed by atoms with E-state index in [1.807, 2.05) is 0 Å². The fourth-order valence-corrected chi connectivity index (χ4v) is 3.69. The number of nitrogens with zero attached hydrogens (tertiary/aromatic N) is 2. The van der Waals surface area contributed by atoms with Crippen molar-refractivity contribution in [2.24, 2.45) is 0 Å². The van der Waals surface area contributed by atoms with E-state index < -0.39 is 0 Å². The van der Waals surface area contributed by atoms with Gasteiger partial charge in [-0.2, -0.15) is 0 Å². The molecule has 2 aliphatic rings. The molecule has 0 aromatic carbocycles. The molecule has 2 saturated heterocycles. The van der Waals surface area contributed by atoms with Crippen molar-refractivity contribution in [3.8, 4) is 0 Å². The van der Waals surface area contributed by atoms with Crippen LogP contribution in [-0.4, -0.2) is 64.6 Å². The van der Waals surface area contributed by atoms with Gasteiger partial charge in [0.25, 0.3) is 0 Å². The fourth-order valence-electron chi connectivity index (χ4n) is 3.69. The van der Waals surface area contributed by atoms with Crippen LogP contribution in [0.15, 0.2) is 0 Å². The first-order valence-corrected chi connectivity index (χ1v) is 8.59. The second-order valence-electron chi connectivity index (χ2n) is 7.85. The molecule has 2 aliphatic heterocycles. The molecule has 2 fully saturated rings. The lowest BCUT2D eigenvalue weighted by Gasteiger charge is -2.49. The van der Waals surface area contributed by atoms with Crippen LogP contribution in [0.5, 0.6) is 0 Å². The summed E-state index contributed by atoms with van der Waals surface area (Å²) < 4.78 is 6.59. The normalized spacial score (nSPS) is 26.4. The number of rotatable bonds is 4. The average molecular weight is 298 g/mol. The standard InChI is InChI=1S/C17H34N2O2/c1-14(2)18-12-8-17(5,9-13-18)21-16(3,4)19-10-6-15(20)7-11-19/h14-15,20H,6-13H2,1-5H3. The molecule has 0 bridgehead atoms. The van der Waals surface area contributed by atoms with Crippen molar-refractivity contribution in [1.82, 2.24) is 9.80 Å². The average Bonchev–Trinajstić information content (AvgIpc) is 2.38. The molecule has 2 rings (SSSR count). The Morgan fingerprint density at radius 3 is 2.10 bits per heavy atom. The summed E-state index contributed by atoms with van der Waals surface area (Å²) in [5.74, 6) is 0. The van der Waals surface area contributed by atoms with Gasteiger partial charge in [-0.3, -0.25) is 4.90 Å². The lowest BCUT2D eigenvalue weighted by molar-refractivity contribution is -0.224. The van der Waals surface area contributed by atoms with Crippen molar-refractivity contribution in [2.45, 2.75) is 83.8 Å². The highest BCUT2D eigenvalue weighted by atomic mass is 16.5. The van der Waals surface area contributed by atoms with Gasteiger partial charge in [0.1, 0.15) is 5.72 Å². The summed E-state index contributed by atoms with van der Waals surface area (Å²) in [6, 6.07) is 0.631. The second-order valence-corrected chi connectivity index (χ2v) is 7.85. The van der Waals surface area contributed by atoms with Crippen molar-refractivity contribution in [2.75, 3.05) is 26.2 Å². The number of hydrogen-bond acceptors (Lipinski definition) is 4. The molecule has 2 heterocycles. The maximum atomic E-state index is 9.67. The Kier molecular flexibility index (Phi) is 5.35. The van der Waals surface area contributed by atoms with Gasteiger partial charge in [0, 0.05) is 32.2 Å². The number of piperidine rings is 2. The third kappa shape index (κ3) is 4.41. The van der Waals surface area contributed by atoms with E-state index in [1.54, 1.807) is 0 Å². The summed E-state index contributed by atoms with van der Waals surface area (Å²) in [7, 11) is 0. The molecule has 4 nitrogen and oxygen atoms in total. The first-order valence-electron chi connectivity index (χ1n) is 8.59. The molecular weight excluding hydrogens is 264 g/mol. The van der Waals surface area contributed by atoms with Crippen LogP contribution in [-0.2, 0) is 4.74 Å². The molecular formula is C17H34N2O2. The molecule has 0 spiro atoms. The first kappa shape index (κ1) is 17.2. The van der Waals surface area contributed by atoms with Crippen LogP contribution in [0.3, 0.4) is 0 Å². The van der Waals surface area contributed by atoms with Crippen LogP contribution in [0.25, 0.3) is 0 Å². The van der Waals surface area contributed by atoms with Crippen LogP contribution in [0.4, 0.5) is 0 Å². The Balaban J connectivity index is 1.90. The highest BCUT2D eigenvalue weighted by molar-refractivity contribution is 4.89. The number of likely N-dealkylation sites (tertiary alicyclic amines) is 2. The minimum atomic E-state index is -0.241. The maximum absolute atomic E-state index is 9.67. The predicted octanol–water partition coefficient (Wildman–Crippen LogP) is 2.46. The van der Waals surface area contributed by atoms with Gasteiger partial charge in [0.2, 0.25) is 0 Å². The minimum absolute atomic E-state index is 0.0229. The van der Waals surface area contributed by atoms with Crippen molar-refractivity contribution in [3.63, 3.8) is 0 Å². The number of hydrogen-bond donors (Lipinski definition) is 1. The summed E-state index contributed by atoms with van der Waals surface area (Å²) >= 11 is 0. The molecule has 0 atom stereocenters. The second kappa shape index (κ2) is 6.53. The van der Waals surface area contributed by atoms with Gasteiger partial charge in [-0.25, -0.2) is 0 Å². The molecule has 21 heavy (non-hydrogen) atoms. The van der Waals surface area contributed by atoms with E-state index in [9.17, 15) is 5.11 Å². The Morgan fingerprint density at radius 2 is 1.62 bits per heavy atom. The largest absolute Gasteiger partial charge is 0.393 e. The van der Waals surface area contributed by atoms with Gasteiger partial charge in [-0.1, -0.05) is 0 Å². The topological polar surface area (TPSA) is 35.9 Å². The molecule has 124 valence electrons. The molecule has 0 aliphatic carbocycles. The van der Waals surface area contributed by atoms with Gasteiger partial charge in [-0.15, -0.1) is 0 Å². The van der Waals surface area contributed by atoms with Crippen LogP contribution in [0, 0.1) is 0 Å². The van der Waals surface area contributed by atoms with Gasteiger partial charge in [0.05, 0.1) is 11.7 Å². The quantitative estimate of drug-likeness (QED) is 0.865. The predicted molar refractivity (Wildman–Crippen MR) is 86.3 cm³/mol. The van der Waals surface area contributed by atoms with Crippen LogP contribution >= 0.6 is 0 Å². The van der Waals surface area contributed by atoms with Crippen molar-refractivity contribution >= 4 is 0 Å². The Bertz CT molecular complexity index is 328. The van der Waals surface area contributed by atoms with Crippen molar-refractivity contribution < 1.29 is 9.84 Å². The van der Waals surface area contributed by atoms with E-state index in [0.717, 1.165) is 51.9 Å². The minimum Gasteiger partial charge on any atom is -0.393 e. The number of ether oxygens (including phenoxy) is 1. The fraction of sp³-hybridized carbons (Fsp3) is 1.00. The molecule has 0 saturated carbocycles. The summed E-state index contributed by atoms with van der Waals surface area (Å²) in [5, 5.41) is 9.67. The highest BCUT2D eigenvalue weighted by Gasteiger charge is 2.40. The number of aliphatic hydroxyl groups excluding tert-OH is 1. The van der Waals surface area contributed by atoms with E-state index in [-0.39, 0.29) is 17.4 Å². The summed E-state index contributed by atoms with van der Waals surface area (Å²) in [6.07, 6.45) is 3.81. The van der Waals surface area contributed by atoms with E-state index in [2.05, 4.69) is 44.4 Å². The smallest absolute Gasteiger partial charge is 0.116 e. The Morgan fingerprint density at radius 1 is 1.10 bits per heavy atom. The molecule has 0 aromatic rings. The van der Waals surface area contributed by atoms with E-state index in [4.69, 9.17) is 4.74 Å². The van der Waals surface area contributed by atoms with E-state index >= 15 is 0 Å². The SMILES string of the molecule is CC(C)N1CCC(C)(OC(C)(C)N2CCC(O)CC2)CC1. The van der Waals surface area contributed by atoms with Crippen LogP contribution in [0.1, 0.15) is 60.3 Å². The van der Waals surface area contributed by atoms with Gasteiger partial charge in [-0.05, 0) is 60.3 Å². The third-order valence-electron chi connectivity index (χ3n) is 5.31. The lowest BCUT2D eigenvalue weighted by atomic mass is 9.91. The van der Waals surface area contributed by atoms with Gasteiger partial charge in [0.15, 0.2) is 0 Å². The van der Waals surface area contributed by atoms with Crippen molar-refractivity contribution in [3.05, 3.63) is 0 Å². The Labute approximate surface area is 130 Å². The molecule has 0 amide bonds. The van der Waals surface area contributed by atoms with Gasteiger partial charge >= 0.3 is 0 Å². The number of aliphatic hydroxyl groups is 1. The summed E-state index contributed by atoms with van der Waals surface area (Å²) in [6.45, 7) is 15.3. The molecule has 0 radical (unpaired) electrons. The molecule has 4 heteroatoms. The molecule has 0 unspecified atom stereocenters. The third-order valence-corrected chi connectivity index (χ3v) is 5.31. The van der Waals surface area contributed by atoms with E-state index in [1.165, 1.54) is 0 Å². The van der Waals surface area contributed by atoms with Crippen LogP contribution < -0.4 is 0 Å². The summed E-state index contributed by atoms with van der Waals surface area (Å²) in [5.41, 5.74) is -0.264. The Hall–Kier alpha value is -0.160.